The second-order valence-corrected chi connectivity index (χ2v) is 4.41. The molecule has 0 aliphatic heterocycles. The number of nitrogen functional groups attached to an aromatic ring is 1. The second kappa shape index (κ2) is 5.85. The van der Waals surface area contributed by atoms with Gasteiger partial charge < -0.3 is 10.5 Å². The van der Waals surface area contributed by atoms with Crippen molar-refractivity contribution in [3.8, 4) is 5.75 Å². The average molecular weight is 276 g/mol. The molecule has 1 aromatic heterocycles. The van der Waals surface area contributed by atoms with Crippen molar-refractivity contribution in [1.29, 1.82) is 0 Å². The highest BCUT2D eigenvalue weighted by Crippen LogP contribution is 2.30. The fourth-order valence-corrected chi connectivity index (χ4v) is 2.16. The summed E-state index contributed by atoms with van der Waals surface area (Å²) in [6.45, 7) is 1.87. The van der Waals surface area contributed by atoms with E-state index in [0.717, 1.165) is 5.56 Å². The number of nitrogens with one attached hydrogen (secondary N) is 1. The molecule has 6 heteroatoms. The van der Waals surface area contributed by atoms with E-state index < -0.39 is 11.9 Å². The Kier molecular flexibility index (Phi) is 4.16. The molecule has 0 saturated carbocycles. The van der Waals surface area contributed by atoms with Crippen molar-refractivity contribution >= 4 is 5.82 Å². The Morgan fingerprint density at radius 2 is 2.10 bits per heavy atom. The number of hydrogen-bond donors (Lipinski definition) is 3. The lowest BCUT2D eigenvalue weighted by Gasteiger charge is -2.21. The van der Waals surface area contributed by atoms with Gasteiger partial charge in [0.2, 0.25) is 0 Å². The van der Waals surface area contributed by atoms with E-state index >= 15 is 0 Å². The van der Waals surface area contributed by atoms with E-state index in [9.17, 15) is 4.39 Å². The van der Waals surface area contributed by atoms with E-state index in [1.54, 1.807) is 24.4 Å². The van der Waals surface area contributed by atoms with Crippen molar-refractivity contribution in [3.05, 3.63) is 53.0 Å². The number of methoxy groups -OCH3 is 1. The highest BCUT2D eigenvalue weighted by molar-refractivity contribution is 5.50. The molecule has 1 unspecified atom stereocenters. The summed E-state index contributed by atoms with van der Waals surface area (Å²) in [7, 11) is 1.48. The Morgan fingerprint density at radius 3 is 2.65 bits per heavy atom. The first-order chi connectivity index (χ1) is 9.58. The normalized spacial score (nSPS) is 12.2. The molecule has 0 amide bonds. The van der Waals surface area contributed by atoms with Gasteiger partial charge in [-0.25, -0.2) is 14.8 Å². The van der Waals surface area contributed by atoms with Crippen LogP contribution < -0.4 is 21.7 Å². The van der Waals surface area contributed by atoms with Gasteiger partial charge in [0.15, 0.2) is 0 Å². The van der Waals surface area contributed by atoms with Crippen molar-refractivity contribution in [1.82, 2.24) is 10.4 Å². The third-order valence-corrected chi connectivity index (χ3v) is 3.21. The van der Waals surface area contributed by atoms with Crippen LogP contribution in [0.25, 0.3) is 0 Å². The Bertz CT molecular complexity index is 598. The van der Waals surface area contributed by atoms with Crippen molar-refractivity contribution < 1.29 is 9.13 Å². The van der Waals surface area contributed by atoms with Gasteiger partial charge >= 0.3 is 0 Å². The highest BCUT2D eigenvalue weighted by atomic mass is 19.1. The molecule has 0 aliphatic carbocycles. The lowest BCUT2D eigenvalue weighted by molar-refractivity contribution is 0.410. The van der Waals surface area contributed by atoms with Crippen molar-refractivity contribution in [2.75, 3.05) is 12.8 Å². The van der Waals surface area contributed by atoms with Crippen LogP contribution in [0, 0.1) is 12.7 Å². The molecule has 2 aromatic rings. The lowest BCUT2D eigenvalue weighted by Crippen LogP contribution is -2.31. The van der Waals surface area contributed by atoms with Crippen LogP contribution in [0.5, 0.6) is 5.75 Å². The Labute approximate surface area is 116 Å². The average Bonchev–Trinajstić information content (AvgIpc) is 2.43. The van der Waals surface area contributed by atoms with Crippen LogP contribution in [0.3, 0.4) is 0 Å². The van der Waals surface area contributed by atoms with E-state index in [2.05, 4.69) is 10.4 Å². The zero-order chi connectivity index (χ0) is 14.7. The minimum Gasteiger partial charge on any atom is -0.497 e. The van der Waals surface area contributed by atoms with Gasteiger partial charge in [0.05, 0.1) is 13.2 Å². The molecule has 5 nitrogen and oxygen atoms in total. The number of aryl methyl sites for hydroxylation is 1. The van der Waals surface area contributed by atoms with E-state index in [1.165, 1.54) is 13.2 Å². The molecule has 1 atom stereocenters. The molecule has 0 saturated heterocycles. The number of ether oxygens (including phenoxy) is 1. The predicted molar refractivity (Wildman–Crippen MR) is 75.5 cm³/mol. The molecule has 2 rings (SSSR count). The second-order valence-electron chi connectivity index (χ2n) is 4.41. The standard InChI is InChI=1S/C14H17FN4O/c1-8-5-6-18-14(16)12(8)13(19-17)10-4-3-9(20-2)7-11(10)15/h3-7,13,19H,17H2,1-2H3,(H2,16,18). The SMILES string of the molecule is COc1ccc(C(NN)c2c(C)ccnc2N)c(F)c1. The molecular weight excluding hydrogens is 259 g/mol. The van der Waals surface area contributed by atoms with Crippen molar-refractivity contribution in [2.45, 2.75) is 13.0 Å². The summed E-state index contributed by atoms with van der Waals surface area (Å²) in [6.07, 6.45) is 1.60. The molecule has 0 spiro atoms. The quantitative estimate of drug-likeness (QED) is 0.584. The van der Waals surface area contributed by atoms with Crippen LogP contribution in [0.15, 0.2) is 30.5 Å². The molecule has 1 heterocycles. The Hall–Kier alpha value is -2.18. The summed E-state index contributed by atoms with van der Waals surface area (Å²) in [5.41, 5.74) is 10.4. The van der Waals surface area contributed by atoms with Gasteiger partial charge in [-0.15, -0.1) is 0 Å². The van der Waals surface area contributed by atoms with Gasteiger partial charge in [-0.05, 0) is 24.6 Å². The summed E-state index contributed by atoms with van der Waals surface area (Å²) >= 11 is 0. The summed E-state index contributed by atoms with van der Waals surface area (Å²) in [5.74, 6) is 5.93. The van der Waals surface area contributed by atoms with Gasteiger partial charge in [-0.2, -0.15) is 0 Å². The van der Waals surface area contributed by atoms with Crippen LogP contribution in [0.4, 0.5) is 10.2 Å². The lowest BCUT2D eigenvalue weighted by atomic mass is 9.95. The van der Waals surface area contributed by atoms with Gasteiger partial charge in [0.25, 0.3) is 0 Å². The minimum atomic E-state index is -0.574. The van der Waals surface area contributed by atoms with E-state index in [4.69, 9.17) is 16.3 Å². The smallest absolute Gasteiger partial charge is 0.132 e. The maximum absolute atomic E-state index is 14.2. The molecule has 0 bridgehead atoms. The van der Waals surface area contributed by atoms with E-state index in [-0.39, 0.29) is 0 Å². The monoisotopic (exact) mass is 276 g/mol. The summed E-state index contributed by atoms with van der Waals surface area (Å²) in [5, 5.41) is 0. The van der Waals surface area contributed by atoms with Gasteiger partial charge in [0, 0.05) is 23.4 Å². The molecule has 5 N–H and O–H groups in total. The number of hydrogen-bond acceptors (Lipinski definition) is 5. The first kappa shape index (κ1) is 14.2. The third-order valence-electron chi connectivity index (χ3n) is 3.21. The first-order valence-corrected chi connectivity index (χ1v) is 6.09. The Morgan fingerprint density at radius 1 is 1.35 bits per heavy atom. The predicted octanol–water partition coefficient (Wildman–Crippen LogP) is 1.67. The highest BCUT2D eigenvalue weighted by Gasteiger charge is 2.21. The number of hydrazine groups is 1. The fraction of sp³-hybridized carbons (Fsp3) is 0.214. The molecule has 0 aliphatic rings. The number of nitrogens with two attached hydrogens (primary N) is 2. The summed E-state index contributed by atoms with van der Waals surface area (Å²) in [4.78, 5) is 4.03. The van der Waals surface area contributed by atoms with E-state index in [0.29, 0.717) is 22.7 Å². The Balaban J connectivity index is 2.53. The maximum Gasteiger partial charge on any atom is 0.132 e. The number of pyridine rings is 1. The van der Waals surface area contributed by atoms with Gasteiger partial charge in [0.1, 0.15) is 17.4 Å². The van der Waals surface area contributed by atoms with Crippen molar-refractivity contribution in [2.24, 2.45) is 5.84 Å². The number of rotatable bonds is 4. The van der Waals surface area contributed by atoms with Crippen LogP contribution in [0.2, 0.25) is 0 Å². The zero-order valence-electron chi connectivity index (χ0n) is 11.4. The van der Waals surface area contributed by atoms with Crippen LogP contribution in [-0.2, 0) is 0 Å². The van der Waals surface area contributed by atoms with Crippen LogP contribution in [-0.4, -0.2) is 12.1 Å². The van der Waals surface area contributed by atoms with Crippen molar-refractivity contribution in [3.63, 3.8) is 0 Å². The summed E-state index contributed by atoms with van der Waals surface area (Å²) in [6, 6.07) is 5.82. The first-order valence-electron chi connectivity index (χ1n) is 6.09. The molecule has 20 heavy (non-hydrogen) atoms. The number of anilines is 1. The number of aromatic nitrogens is 1. The molecule has 0 fully saturated rings. The number of nitrogens with zero attached hydrogens (tertiary/aromatic N) is 1. The molecular formula is C14H17FN4O. The summed E-state index contributed by atoms with van der Waals surface area (Å²) < 4.78 is 19.2. The number of benzene rings is 1. The van der Waals surface area contributed by atoms with Crippen LogP contribution >= 0.6 is 0 Å². The van der Waals surface area contributed by atoms with Gasteiger partial charge in [-0.3, -0.25) is 5.84 Å². The molecule has 106 valence electrons. The molecule has 1 aromatic carbocycles. The number of halogens is 1. The topological polar surface area (TPSA) is 86.2 Å². The van der Waals surface area contributed by atoms with Crippen LogP contribution in [0.1, 0.15) is 22.7 Å². The third kappa shape index (κ3) is 2.56. The maximum atomic E-state index is 14.2. The zero-order valence-corrected chi connectivity index (χ0v) is 11.4. The van der Waals surface area contributed by atoms with Gasteiger partial charge in [-0.1, -0.05) is 6.07 Å². The molecule has 0 radical (unpaired) electrons. The van der Waals surface area contributed by atoms with E-state index in [1.807, 2.05) is 6.92 Å². The minimum absolute atomic E-state index is 0.322. The fourth-order valence-electron chi connectivity index (χ4n) is 2.16. The largest absolute Gasteiger partial charge is 0.497 e.